The molecule has 1 amide bonds. The van der Waals surface area contributed by atoms with Gasteiger partial charge in [0.05, 0.1) is 16.5 Å². The molecular weight excluding hydrogens is 467 g/mol. The molecule has 34 heavy (non-hydrogen) atoms. The number of nitrogens with one attached hydrogen (secondary N) is 2. The first kappa shape index (κ1) is 26.9. The van der Waals surface area contributed by atoms with E-state index in [-0.39, 0.29) is 53.2 Å². The summed E-state index contributed by atoms with van der Waals surface area (Å²) in [5.74, 6) is -0.0385. The topological polar surface area (TPSA) is 78.5 Å². The predicted molar refractivity (Wildman–Crippen MR) is 125 cm³/mol. The van der Waals surface area contributed by atoms with E-state index in [1.807, 2.05) is 6.92 Å². The van der Waals surface area contributed by atoms with Crippen LogP contribution in [-0.4, -0.2) is 50.3 Å². The number of hydrogen-bond acceptors (Lipinski definition) is 4. The van der Waals surface area contributed by atoms with E-state index in [0.717, 1.165) is 31.4 Å². The Bertz CT molecular complexity index is 976. The summed E-state index contributed by atoms with van der Waals surface area (Å²) in [6.07, 6.45) is -1.50. The highest BCUT2D eigenvalue weighted by Gasteiger charge is 2.47. The van der Waals surface area contributed by atoms with Crippen LogP contribution in [0.5, 0.6) is 0 Å². The third-order valence-electron chi connectivity index (χ3n) is 6.72. The second-order valence-corrected chi connectivity index (χ2v) is 12.7. The van der Waals surface area contributed by atoms with Gasteiger partial charge in [0.1, 0.15) is 0 Å². The van der Waals surface area contributed by atoms with Gasteiger partial charge in [-0.25, -0.2) is 8.42 Å². The molecule has 6 nitrogen and oxygen atoms in total. The van der Waals surface area contributed by atoms with Gasteiger partial charge in [-0.15, -0.1) is 0 Å². The lowest BCUT2D eigenvalue weighted by Gasteiger charge is -2.27. The van der Waals surface area contributed by atoms with Gasteiger partial charge < -0.3 is 10.6 Å². The van der Waals surface area contributed by atoms with Crippen LogP contribution in [0.3, 0.4) is 0 Å². The zero-order valence-electron chi connectivity index (χ0n) is 20.3. The highest BCUT2D eigenvalue weighted by molar-refractivity contribution is 7.89. The van der Waals surface area contributed by atoms with Gasteiger partial charge in [-0.05, 0) is 54.7 Å². The summed E-state index contributed by atoms with van der Waals surface area (Å²) in [7, 11) is -4.06. The molecule has 1 aliphatic carbocycles. The Morgan fingerprint density at radius 2 is 1.88 bits per heavy atom. The van der Waals surface area contributed by atoms with Crippen molar-refractivity contribution in [3.63, 3.8) is 0 Å². The van der Waals surface area contributed by atoms with Gasteiger partial charge in [-0.3, -0.25) is 4.79 Å². The molecule has 0 unspecified atom stereocenters. The summed E-state index contributed by atoms with van der Waals surface area (Å²) in [4.78, 5) is 12.7. The minimum atomic E-state index is -4.61. The number of nitrogens with zero attached hydrogens (tertiary/aromatic N) is 1. The molecule has 0 bridgehead atoms. The summed E-state index contributed by atoms with van der Waals surface area (Å²) in [5.41, 5.74) is -0.947. The van der Waals surface area contributed by atoms with E-state index in [4.69, 9.17) is 0 Å². The van der Waals surface area contributed by atoms with Gasteiger partial charge in [-0.1, -0.05) is 40.2 Å². The molecule has 1 aromatic rings. The molecule has 2 N–H and O–H groups in total. The first-order valence-corrected chi connectivity index (χ1v) is 13.4. The maximum absolute atomic E-state index is 13.1. The molecule has 1 saturated carbocycles. The monoisotopic (exact) mass is 503 g/mol. The van der Waals surface area contributed by atoms with Crippen LogP contribution in [0.2, 0.25) is 0 Å². The number of carbonyl (C=O) groups excluding carboxylic acids is 1. The van der Waals surface area contributed by atoms with Crippen LogP contribution in [0.25, 0.3) is 0 Å². The summed E-state index contributed by atoms with van der Waals surface area (Å²) < 4.78 is 66.7. The van der Waals surface area contributed by atoms with Gasteiger partial charge in [-0.2, -0.15) is 17.5 Å². The molecule has 1 saturated heterocycles. The number of hydrogen-bond donors (Lipinski definition) is 2. The predicted octanol–water partition coefficient (Wildman–Crippen LogP) is 4.03. The molecule has 1 aromatic carbocycles. The number of benzene rings is 1. The Labute approximate surface area is 200 Å². The molecular formula is C24H36F3N3O3S. The quantitative estimate of drug-likeness (QED) is 0.562. The van der Waals surface area contributed by atoms with Crippen molar-refractivity contribution in [3.8, 4) is 0 Å². The molecule has 4 atom stereocenters. The van der Waals surface area contributed by atoms with Crippen LogP contribution in [0.1, 0.15) is 58.9 Å². The first-order chi connectivity index (χ1) is 15.7. The Balaban J connectivity index is 1.68. The van der Waals surface area contributed by atoms with Crippen molar-refractivity contribution in [3.05, 3.63) is 29.8 Å². The number of sulfonamides is 1. The van der Waals surface area contributed by atoms with E-state index in [1.165, 1.54) is 10.4 Å². The lowest BCUT2D eigenvalue weighted by molar-refractivity contribution is -0.137. The fraction of sp³-hybridized carbons (Fsp3) is 0.708. The molecule has 2 fully saturated rings. The van der Waals surface area contributed by atoms with E-state index in [2.05, 4.69) is 31.4 Å². The van der Waals surface area contributed by atoms with Crippen LogP contribution >= 0.6 is 0 Å². The van der Waals surface area contributed by atoms with Gasteiger partial charge >= 0.3 is 6.18 Å². The van der Waals surface area contributed by atoms with Gasteiger partial charge in [0.2, 0.25) is 15.9 Å². The van der Waals surface area contributed by atoms with Crippen molar-refractivity contribution in [2.45, 2.75) is 76.5 Å². The number of carbonyl (C=O) groups is 1. The smallest absolute Gasteiger partial charge is 0.352 e. The summed E-state index contributed by atoms with van der Waals surface area (Å²) in [6, 6.07) is 3.43. The van der Waals surface area contributed by atoms with E-state index in [0.29, 0.717) is 19.0 Å². The highest BCUT2D eigenvalue weighted by atomic mass is 32.2. The molecule has 10 heteroatoms. The van der Waals surface area contributed by atoms with Crippen LogP contribution < -0.4 is 10.6 Å². The van der Waals surface area contributed by atoms with Gasteiger partial charge in [0.25, 0.3) is 0 Å². The largest absolute Gasteiger partial charge is 0.416 e. The van der Waals surface area contributed by atoms with E-state index in [1.54, 1.807) is 0 Å². The van der Waals surface area contributed by atoms with Crippen LogP contribution in [-0.2, 0) is 21.0 Å². The average Bonchev–Trinajstić information content (AvgIpc) is 3.32. The maximum atomic E-state index is 13.1. The summed E-state index contributed by atoms with van der Waals surface area (Å²) >= 11 is 0. The normalized spacial score (nSPS) is 24.7. The van der Waals surface area contributed by atoms with Crippen molar-refractivity contribution in [2.75, 3.05) is 19.6 Å². The standard InChI is InChI=1S/C24H36F3N3O3S/c1-5-7-21(28-15-23(2,3)4)22(31)29-20-11-10-16-13-30(14-19(16)20)34(32,33)18-9-6-8-17(12-18)24(25,26)27/h6,8-9,12,16,19-21,28H,5,7,10-11,13-15H2,1-4H3,(H,29,31)/t16-,19+,20+,21+/m1/s1. The SMILES string of the molecule is CCC[C@H](NCC(C)(C)C)C(=O)N[C@H]1CC[C@@H]2CN(S(=O)(=O)c3cccc(C(F)(F)F)c3)C[C@@H]21. The molecule has 3 rings (SSSR count). The zero-order valence-corrected chi connectivity index (χ0v) is 21.1. The number of amides is 1. The van der Waals surface area contributed by atoms with Crippen LogP contribution in [0.15, 0.2) is 29.2 Å². The van der Waals surface area contributed by atoms with Crippen LogP contribution in [0, 0.1) is 17.3 Å². The number of alkyl halides is 3. The molecule has 0 aromatic heterocycles. The van der Waals surface area contributed by atoms with Crippen LogP contribution in [0.4, 0.5) is 13.2 Å². The molecule has 2 aliphatic rings. The lowest BCUT2D eigenvalue weighted by Crippen LogP contribution is -2.50. The van der Waals surface area contributed by atoms with Crippen molar-refractivity contribution in [2.24, 2.45) is 17.3 Å². The van der Waals surface area contributed by atoms with Crippen molar-refractivity contribution in [1.82, 2.24) is 14.9 Å². The minimum Gasteiger partial charge on any atom is -0.352 e. The number of halogens is 3. The molecule has 0 radical (unpaired) electrons. The lowest BCUT2D eigenvalue weighted by atomic mass is 9.95. The Morgan fingerprint density at radius 3 is 2.50 bits per heavy atom. The molecule has 192 valence electrons. The third kappa shape index (κ3) is 6.31. The number of rotatable bonds is 8. The second-order valence-electron chi connectivity index (χ2n) is 10.7. The van der Waals surface area contributed by atoms with E-state index in [9.17, 15) is 26.4 Å². The number of fused-ring (bicyclic) bond motifs is 1. The van der Waals surface area contributed by atoms with Crippen molar-refractivity contribution in [1.29, 1.82) is 0 Å². The zero-order chi connectivity index (χ0) is 25.3. The second kappa shape index (κ2) is 10.1. The third-order valence-corrected chi connectivity index (χ3v) is 8.55. The summed E-state index contributed by atoms with van der Waals surface area (Å²) in [5, 5.41) is 6.50. The fourth-order valence-corrected chi connectivity index (χ4v) is 6.49. The maximum Gasteiger partial charge on any atom is 0.416 e. The van der Waals surface area contributed by atoms with Crippen molar-refractivity contribution < 1.29 is 26.4 Å². The highest BCUT2D eigenvalue weighted by Crippen LogP contribution is 2.41. The fourth-order valence-electron chi connectivity index (χ4n) is 4.91. The van der Waals surface area contributed by atoms with E-state index < -0.39 is 21.8 Å². The van der Waals surface area contributed by atoms with Gasteiger partial charge in [0, 0.05) is 25.7 Å². The minimum absolute atomic E-state index is 0.0362. The molecule has 1 heterocycles. The Kier molecular flexibility index (Phi) is 8.04. The Hall–Kier alpha value is -1.65. The first-order valence-electron chi connectivity index (χ1n) is 11.9. The average molecular weight is 504 g/mol. The molecule has 1 aliphatic heterocycles. The van der Waals surface area contributed by atoms with Gasteiger partial charge in [0.15, 0.2) is 0 Å². The van der Waals surface area contributed by atoms with E-state index >= 15 is 0 Å². The summed E-state index contributed by atoms with van der Waals surface area (Å²) in [6.45, 7) is 9.47. The molecule has 0 spiro atoms. The van der Waals surface area contributed by atoms with Crippen molar-refractivity contribution >= 4 is 15.9 Å². The Morgan fingerprint density at radius 1 is 1.18 bits per heavy atom.